The molecule has 1 N–H and O–H groups in total. The minimum Gasteiger partial charge on any atom is -0.481 e. The SMILES string of the molecule is Cc1ccc(N(CCC(=O)O)S(=O)(=O)CS(C)(=O)=O)cc1. The maximum absolute atomic E-state index is 12.2. The zero-order valence-corrected chi connectivity index (χ0v) is 13.3. The molecule has 0 aromatic heterocycles. The zero-order chi connectivity index (χ0) is 16.3. The van der Waals surface area contributed by atoms with Crippen LogP contribution < -0.4 is 4.31 Å². The van der Waals surface area contributed by atoms with E-state index in [2.05, 4.69) is 0 Å². The number of hydrogen-bond acceptors (Lipinski definition) is 5. The topological polar surface area (TPSA) is 109 Å². The fourth-order valence-corrected chi connectivity index (χ4v) is 5.16. The van der Waals surface area contributed by atoms with Gasteiger partial charge in [-0.3, -0.25) is 9.10 Å². The van der Waals surface area contributed by atoms with Gasteiger partial charge in [0.1, 0.15) is 0 Å². The van der Waals surface area contributed by atoms with E-state index in [1.807, 2.05) is 6.92 Å². The second kappa shape index (κ2) is 6.44. The third kappa shape index (κ3) is 5.72. The lowest BCUT2D eigenvalue weighted by Gasteiger charge is -2.23. The van der Waals surface area contributed by atoms with E-state index < -0.39 is 37.3 Å². The van der Waals surface area contributed by atoms with Crippen LogP contribution in [-0.2, 0) is 24.7 Å². The number of sulfonamides is 1. The first-order valence-electron chi connectivity index (χ1n) is 5.98. The summed E-state index contributed by atoms with van der Waals surface area (Å²) in [4.78, 5) is 10.7. The van der Waals surface area contributed by atoms with Crippen molar-refractivity contribution in [3.05, 3.63) is 29.8 Å². The summed E-state index contributed by atoms with van der Waals surface area (Å²) < 4.78 is 47.7. The first-order valence-corrected chi connectivity index (χ1v) is 9.65. The number of carbonyl (C=O) groups is 1. The number of benzene rings is 1. The molecular formula is C12H17NO6S2. The molecule has 0 unspecified atom stereocenters. The molecule has 0 aliphatic heterocycles. The number of hydrogen-bond donors (Lipinski definition) is 1. The molecule has 0 amide bonds. The zero-order valence-electron chi connectivity index (χ0n) is 11.7. The van der Waals surface area contributed by atoms with Gasteiger partial charge in [-0.25, -0.2) is 16.8 Å². The monoisotopic (exact) mass is 335 g/mol. The predicted molar refractivity (Wildman–Crippen MR) is 79.4 cm³/mol. The van der Waals surface area contributed by atoms with Gasteiger partial charge in [-0.05, 0) is 19.1 Å². The van der Waals surface area contributed by atoms with Gasteiger partial charge in [0.05, 0.1) is 12.1 Å². The molecule has 1 rings (SSSR count). The molecule has 9 heteroatoms. The van der Waals surface area contributed by atoms with Crippen LogP contribution in [0.3, 0.4) is 0 Å². The van der Waals surface area contributed by atoms with Gasteiger partial charge >= 0.3 is 5.97 Å². The first kappa shape index (κ1) is 17.4. The van der Waals surface area contributed by atoms with Crippen molar-refractivity contribution in [1.82, 2.24) is 0 Å². The second-order valence-corrected chi connectivity index (χ2v) is 9.11. The van der Waals surface area contributed by atoms with E-state index in [4.69, 9.17) is 5.11 Å². The Balaban J connectivity index is 3.18. The molecule has 0 aliphatic carbocycles. The Morgan fingerprint density at radius 3 is 2.10 bits per heavy atom. The van der Waals surface area contributed by atoms with Crippen LogP contribution >= 0.6 is 0 Å². The Kier molecular flexibility index (Phi) is 5.35. The number of aryl methyl sites for hydroxylation is 1. The van der Waals surface area contributed by atoms with Gasteiger partial charge < -0.3 is 5.11 Å². The van der Waals surface area contributed by atoms with E-state index in [1.165, 1.54) is 12.1 Å². The fourth-order valence-electron chi connectivity index (χ4n) is 1.67. The molecule has 21 heavy (non-hydrogen) atoms. The Labute approximate surface area is 124 Å². The molecule has 0 spiro atoms. The molecule has 1 aromatic rings. The third-order valence-corrected chi connectivity index (χ3v) is 6.52. The van der Waals surface area contributed by atoms with Crippen molar-refractivity contribution >= 4 is 31.5 Å². The number of aliphatic carboxylic acids is 1. The van der Waals surface area contributed by atoms with E-state index in [-0.39, 0.29) is 12.2 Å². The van der Waals surface area contributed by atoms with Crippen LogP contribution in [0.15, 0.2) is 24.3 Å². The molecule has 0 saturated carbocycles. The Hall–Kier alpha value is -1.61. The minimum absolute atomic E-state index is 0.241. The standard InChI is InChI=1S/C12H17NO6S2/c1-10-3-5-11(6-4-10)13(8-7-12(14)15)21(18,19)9-20(2,16)17/h3-6H,7-9H2,1-2H3,(H,14,15). The summed E-state index contributed by atoms with van der Waals surface area (Å²) in [6.07, 6.45) is 0.395. The number of nitrogens with zero attached hydrogens (tertiary/aromatic N) is 1. The van der Waals surface area contributed by atoms with E-state index in [1.54, 1.807) is 12.1 Å². The lowest BCUT2D eigenvalue weighted by Crippen LogP contribution is -2.36. The molecule has 0 aliphatic rings. The first-order chi connectivity index (χ1) is 9.51. The average molecular weight is 335 g/mol. The van der Waals surface area contributed by atoms with Gasteiger partial charge in [-0.15, -0.1) is 0 Å². The molecule has 1 aromatic carbocycles. The molecule has 0 atom stereocenters. The summed E-state index contributed by atoms with van der Waals surface area (Å²) in [5, 5.41) is 7.65. The van der Waals surface area contributed by atoms with Gasteiger partial charge in [-0.2, -0.15) is 0 Å². The van der Waals surface area contributed by atoms with Gasteiger partial charge in [0.15, 0.2) is 14.9 Å². The van der Waals surface area contributed by atoms with Crippen LogP contribution in [0.2, 0.25) is 0 Å². The van der Waals surface area contributed by atoms with Gasteiger partial charge in [0, 0.05) is 12.8 Å². The van der Waals surface area contributed by atoms with Gasteiger partial charge in [-0.1, -0.05) is 17.7 Å². The van der Waals surface area contributed by atoms with Crippen molar-refractivity contribution in [1.29, 1.82) is 0 Å². The maximum Gasteiger partial charge on any atom is 0.305 e. The van der Waals surface area contributed by atoms with E-state index in [0.717, 1.165) is 16.1 Å². The highest BCUT2D eigenvalue weighted by molar-refractivity contribution is 8.08. The lowest BCUT2D eigenvalue weighted by molar-refractivity contribution is -0.136. The van der Waals surface area contributed by atoms with Crippen molar-refractivity contribution in [3.8, 4) is 0 Å². The van der Waals surface area contributed by atoms with Crippen molar-refractivity contribution in [2.75, 3.05) is 22.2 Å². The van der Waals surface area contributed by atoms with E-state index in [9.17, 15) is 21.6 Å². The molecule has 118 valence electrons. The van der Waals surface area contributed by atoms with Crippen LogP contribution in [0.1, 0.15) is 12.0 Å². The summed E-state index contributed by atoms with van der Waals surface area (Å²) in [5.74, 6) is -1.17. The summed E-state index contributed by atoms with van der Waals surface area (Å²) in [6, 6.07) is 6.35. The highest BCUT2D eigenvalue weighted by Crippen LogP contribution is 2.20. The van der Waals surface area contributed by atoms with E-state index in [0.29, 0.717) is 0 Å². The predicted octanol–water partition coefficient (Wildman–Crippen LogP) is 0.608. The lowest BCUT2D eigenvalue weighted by atomic mass is 10.2. The largest absolute Gasteiger partial charge is 0.481 e. The van der Waals surface area contributed by atoms with Crippen molar-refractivity contribution in [3.63, 3.8) is 0 Å². The quantitative estimate of drug-likeness (QED) is 0.782. The molecule has 0 fully saturated rings. The Bertz CT molecular complexity index is 707. The van der Waals surface area contributed by atoms with E-state index >= 15 is 0 Å². The molecule has 0 bridgehead atoms. The molecule has 0 radical (unpaired) electrons. The van der Waals surface area contributed by atoms with Crippen LogP contribution in [0, 0.1) is 6.92 Å². The van der Waals surface area contributed by atoms with Crippen molar-refractivity contribution in [2.45, 2.75) is 13.3 Å². The van der Waals surface area contributed by atoms with Crippen LogP contribution in [0.25, 0.3) is 0 Å². The highest BCUT2D eigenvalue weighted by atomic mass is 32.3. The van der Waals surface area contributed by atoms with Crippen LogP contribution in [-0.4, -0.2) is 45.8 Å². The normalized spacial score (nSPS) is 12.1. The van der Waals surface area contributed by atoms with Crippen molar-refractivity contribution < 1.29 is 26.7 Å². The average Bonchev–Trinajstić information content (AvgIpc) is 2.27. The number of sulfone groups is 1. The third-order valence-electron chi connectivity index (χ3n) is 2.55. The smallest absolute Gasteiger partial charge is 0.305 e. The number of anilines is 1. The number of carboxylic acids is 1. The summed E-state index contributed by atoms with van der Waals surface area (Å²) in [5.41, 5.74) is 1.14. The van der Waals surface area contributed by atoms with Crippen molar-refractivity contribution in [2.24, 2.45) is 0 Å². The highest BCUT2D eigenvalue weighted by Gasteiger charge is 2.27. The minimum atomic E-state index is -4.16. The van der Waals surface area contributed by atoms with Gasteiger partial charge in [0.2, 0.25) is 10.0 Å². The maximum atomic E-state index is 12.2. The Morgan fingerprint density at radius 1 is 1.14 bits per heavy atom. The van der Waals surface area contributed by atoms with Crippen LogP contribution in [0.4, 0.5) is 5.69 Å². The number of rotatable bonds is 7. The molecule has 7 nitrogen and oxygen atoms in total. The van der Waals surface area contributed by atoms with Crippen LogP contribution in [0.5, 0.6) is 0 Å². The fraction of sp³-hybridized carbons (Fsp3) is 0.417. The molecule has 0 heterocycles. The number of carboxylic acid groups (broad SMARTS) is 1. The molecule has 0 saturated heterocycles. The second-order valence-electron chi connectivity index (χ2n) is 4.71. The van der Waals surface area contributed by atoms with Gasteiger partial charge in [0.25, 0.3) is 0 Å². The molecular weight excluding hydrogens is 318 g/mol. The summed E-state index contributed by atoms with van der Waals surface area (Å²) in [6.45, 7) is 1.49. The Morgan fingerprint density at radius 2 is 1.67 bits per heavy atom. The summed E-state index contributed by atoms with van der Waals surface area (Å²) in [7, 11) is -7.92. The summed E-state index contributed by atoms with van der Waals surface area (Å²) >= 11 is 0.